The number of carbonyl (C=O) groups excluding carboxylic acids is 2. The molecule has 1 aliphatic heterocycles. The van der Waals surface area contributed by atoms with Crippen LogP contribution in [0.3, 0.4) is 0 Å². The molecule has 4 rings (SSSR count). The average Bonchev–Trinajstić information content (AvgIpc) is 3.29. The first-order chi connectivity index (χ1) is 16.2. The first-order valence-electron chi connectivity index (χ1n) is 10.9. The molecule has 0 radical (unpaired) electrons. The molecule has 9 heteroatoms. The topological polar surface area (TPSA) is 86.8 Å². The molecule has 7 nitrogen and oxygen atoms in total. The van der Waals surface area contributed by atoms with Crippen LogP contribution in [-0.4, -0.2) is 49.6 Å². The molecule has 0 bridgehead atoms. The second kappa shape index (κ2) is 9.69. The number of rotatable bonds is 6. The zero-order valence-electron chi connectivity index (χ0n) is 19.4. The summed E-state index contributed by atoms with van der Waals surface area (Å²) >= 11 is 1.65. The summed E-state index contributed by atoms with van der Waals surface area (Å²) in [6.45, 7) is 4.40. The van der Waals surface area contributed by atoms with E-state index in [0.717, 1.165) is 22.4 Å². The Hall–Kier alpha value is -3.01. The van der Waals surface area contributed by atoms with Gasteiger partial charge in [-0.05, 0) is 66.6 Å². The number of fused-ring (bicyclic) bond motifs is 1. The number of amides is 2. The summed E-state index contributed by atoms with van der Waals surface area (Å²) in [6.07, 6.45) is 0.684. The molecule has 2 amide bonds. The lowest BCUT2D eigenvalue weighted by Gasteiger charge is -2.26. The first kappa shape index (κ1) is 24.1. The number of likely N-dealkylation sites (N-methyl/N-ethyl adjacent to an activating group) is 1. The van der Waals surface area contributed by atoms with Crippen molar-refractivity contribution in [3.63, 3.8) is 0 Å². The van der Waals surface area contributed by atoms with Gasteiger partial charge in [0.25, 0.3) is 5.91 Å². The lowest BCUT2D eigenvalue weighted by Crippen LogP contribution is -2.36. The van der Waals surface area contributed by atoms with Gasteiger partial charge in [-0.2, -0.15) is 4.31 Å². The van der Waals surface area contributed by atoms with Gasteiger partial charge in [-0.3, -0.25) is 9.59 Å². The fourth-order valence-corrected chi connectivity index (χ4v) is 6.42. The highest BCUT2D eigenvalue weighted by Crippen LogP contribution is 2.28. The molecule has 0 saturated carbocycles. The zero-order valence-corrected chi connectivity index (χ0v) is 21.0. The van der Waals surface area contributed by atoms with Gasteiger partial charge in [0.05, 0.1) is 11.4 Å². The van der Waals surface area contributed by atoms with Crippen LogP contribution in [0.25, 0.3) is 0 Å². The quantitative estimate of drug-likeness (QED) is 0.561. The van der Waals surface area contributed by atoms with Crippen LogP contribution in [0.5, 0.6) is 0 Å². The number of hydrogen-bond donors (Lipinski definition) is 1. The average molecular weight is 498 g/mol. The first-order valence-corrected chi connectivity index (χ1v) is 13.3. The van der Waals surface area contributed by atoms with Crippen molar-refractivity contribution in [3.8, 4) is 0 Å². The molecule has 0 fully saturated rings. The van der Waals surface area contributed by atoms with E-state index < -0.39 is 15.9 Å². The minimum Gasteiger partial charge on any atom is -0.332 e. The number of hydrogen-bond acceptors (Lipinski definition) is 5. The highest BCUT2D eigenvalue weighted by atomic mass is 32.2. The lowest BCUT2D eigenvalue weighted by molar-refractivity contribution is -0.116. The number of anilines is 1. The smallest absolute Gasteiger partial charge is 0.254 e. The number of nitrogens with zero attached hydrogens (tertiary/aromatic N) is 2. The SMILES string of the molecule is Cc1cccc(C)c1NC(=O)CN(C)C(=O)c1cccc(S(=O)(=O)N2CCc3sccc3C2)c1. The van der Waals surface area contributed by atoms with Crippen molar-refractivity contribution in [1.82, 2.24) is 9.21 Å². The van der Waals surface area contributed by atoms with Crippen LogP contribution < -0.4 is 5.32 Å². The summed E-state index contributed by atoms with van der Waals surface area (Å²) in [6, 6.07) is 13.7. The molecule has 0 aliphatic carbocycles. The fraction of sp³-hybridized carbons (Fsp3) is 0.280. The molecule has 1 aliphatic rings. The molecule has 2 aromatic carbocycles. The van der Waals surface area contributed by atoms with Crippen molar-refractivity contribution < 1.29 is 18.0 Å². The van der Waals surface area contributed by atoms with Gasteiger partial charge in [-0.1, -0.05) is 24.3 Å². The highest BCUT2D eigenvalue weighted by molar-refractivity contribution is 7.89. The Kier molecular flexibility index (Phi) is 6.88. The number of sulfonamides is 1. The third-order valence-corrected chi connectivity index (χ3v) is 8.83. The van der Waals surface area contributed by atoms with Crippen molar-refractivity contribution >= 4 is 38.9 Å². The van der Waals surface area contributed by atoms with E-state index in [1.807, 2.05) is 43.5 Å². The molecule has 1 N–H and O–H groups in total. The third-order valence-electron chi connectivity index (χ3n) is 5.96. The van der Waals surface area contributed by atoms with Gasteiger partial charge in [-0.15, -0.1) is 11.3 Å². The summed E-state index contributed by atoms with van der Waals surface area (Å²) in [5, 5.41) is 4.84. The van der Waals surface area contributed by atoms with Gasteiger partial charge in [0.2, 0.25) is 15.9 Å². The van der Waals surface area contributed by atoms with E-state index in [4.69, 9.17) is 0 Å². The molecule has 2 heterocycles. The summed E-state index contributed by atoms with van der Waals surface area (Å²) in [5.41, 5.74) is 3.86. The van der Waals surface area contributed by atoms with Gasteiger partial charge in [-0.25, -0.2) is 8.42 Å². The van der Waals surface area contributed by atoms with Gasteiger partial charge >= 0.3 is 0 Å². The lowest BCUT2D eigenvalue weighted by atomic mass is 10.1. The van der Waals surface area contributed by atoms with Crippen LogP contribution in [0.2, 0.25) is 0 Å². The van der Waals surface area contributed by atoms with Gasteiger partial charge in [0.15, 0.2) is 0 Å². The monoisotopic (exact) mass is 497 g/mol. The number of nitrogens with one attached hydrogen (secondary N) is 1. The van der Waals surface area contributed by atoms with Gasteiger partial charge in [0.1, 0.15) is 0 Å². The van der Waals surface area contributed by atoms with E-state index >= 15 is 0 Å². The minimum absolute atomic E-state index is 0.0745. The van der Waals surface area contributed by atoms with E-state index in [-0.39, 0.29) is 22.9 Å². The van der Waals surface area contributed by atoms with Crippen LogP contribution in [-0.2, 0) is 27.8 Å². The largest absolute Gasteiger partial charge is 0.332 e. The van der Waals surface area contributed by atoms with Crippen molar-refractivity contribution in [2.45, 2.75) is 31.7 Å². The van der Waals surface area contributed by atoms with Crippen molar-refractivity contribution in [1.29, 1.82) is 0 Å². The molecule has 1 aromatic heterocycles. The Morgan fingerprint density at radius 1 is 1.09 bits per heavy atom. The summed E-state index contributed by atoms with van der Waals surface area (Å²) < 4.78 is 27.9. The number of thiophene rings is 1. The molecular weight excluding hydrogens is 470 g/mol. The molecule has 0 saturated heterocycles. The Morgan fingerprint density at radius 3 is 2.53 bits per heavy atom. The second-order valence-electron chi connectivity index (χ2n) is 8.46. The van der Waals surface area contributed by atoms with Crippen LogP contribution in [0, 0.1) is 13.8 Å². The maximum Gasteiger partial charge on any atom is 0.254 e. The van der Waals surface area contributed by atoms with Crippen LogP contribution >= 0.6 is 11.3 Å². The fourth-order valence-electron chi connectivity index (χ4n) is 4.06. The Labute approximate surface area is 204 Å². The standard InChI is InChI=1S/C25H27N3O4S2/c1-17-6-4-7-18(2)24(17)26-23(29)16-27(3)25(30)19-8-5-9-21(14-19)34(31,32)28-12-10-22-20(15-28)11-13-33-22/h4-9,11,13-14H,10,12,15-16H2,1-3H3,(H,26,29). The summed E-state index contributed by atoms with van der Waals surface area (Å²) in [4.78, 5) is 28.1. The van der Waals surface area contributed by atoms with E-state index in [1.165, 1.54) is 33.3 Å². The van der Waals surface area contributed by atoms with Crippen molar-refractivity contribution in [2.24, 2.45) is 0 Å². The Balaban J connectivity index is 1.46. The predicted molar refractivity (Wildman–Crippen MR) is 134 cm³/mol. The third kappa shape index (κ3) is 4.91. The van der Waals surface area contributed by atoms with Crippen LogP contribution in [0.1, 0.15) is 31.9 Å². The number of carbonyl (C=O) groups is 2. The Morgan fingerprint density at radius 2 is 1.79 bits per heavy atom. The van der Waals surface area contributed by atoms with E-state index in [9.17, 15) is 18.0 Å². The number of para-hydroxylation sites is 1. The van der Waals surface area contributed by atoms with E-state index in [0.29, 0.717) is 19.5 Å². The van der Waals surface area contributed by atoms with E-state index in [1.54, 1.807) is 23.5 Å². The predicted octanol–water partition coefficient (Wildman–Crippen LogP) is 3.82. The number of benzene rings is 2. The molecule has 3 aromatic rings. The minimum atomic E-state index is -3.75. The van der Waals surface area contributed by atoms with E-state index in [2.05, 4.69) is 5.32 Å². The summed E-state index contributed by atoms with van der Waals surface area (Å²) in [7, 11) is -2.23. The van der Waals surface area contributed by atoms with Gasteiger partial charge < -0.3 is 10.2 Å². The maximum atomic E-state index is 13.2. The molecule has 34 heavy (non-hydrogen) atoms. The molecule has 0 unspecified atom stereocenters. The molecule has 178 valence electrons. The second-order valence-corrected chi connectivity index (χ2v) is 11.4. The molecular formula is C25H27N3O4S2. The normalized spacial score (nSPS) is 13.9. The van der Waals surface area contributed by atoms with Crippen LogP contribution in [0.15, 0.2) is 58.8 Å². The highest BCUT2D eigenvalue weighted by Gasteiger charge is 2.29. The molecule has 0 spiro atoms. The van der Waals surface area contributed by atoms with Gasteiger partial charge in [0, 0.05) is 36.3 Å². The molecule has 0 atom stereocenters. The van der Waals surface area contributed by atoms with Crippen molar-refractivity contribution in [3.05, 3.63) is 81.0 Å². The Bertz CT molecular complexity index is 1330. The zero-order chi connectivity index (χ0) is 24.5. The van der Waals surface area contributed by atoms with Crippen LogP contribution in [0.4, 0.5) is 5.69 Å². The number of aryl methyl sites for hydroxylation is 2. The summed E-state index contributed by atoms with van der Waals surface area (Å²) in [5.74, 6) is -0.746. The maximum absolute atomic E-state index is 13.2. The van der Waals surface area contributed by atoms with Crippen molar-refractivity contribution in [2.75, 3.05) is 25.5 Å².